The minimum atomic E-state index is -0.794. The van der Waals surface area contributed by atoms with E-state index >= 15 is 0 Å². The number of nitrogens with two attached hydrogens (primary N) is 1. The van der Waals surface area contributed by atoms with Gasteiger partial charge in [0.05, 0.1) is 0 Å². The molecule has 4 aromatic rings. The molecule has 2 N–H and O–H groups in total. The molecule has 0 saturated carbocycles. The number of amidine groups is 1. The molecule has 3 radical (unpaired) electrons. The Balaban J connectivity index is 1.65. The number of ether oxygens (including phenoxy) is 1. The van der Waals surface area contributed by atoms with Crippen molar-refractivity contribution in [2.45, 2.75) is 19.4 Å². The van der Waals surface area contributed by atoms with Crippen LogP contribution in [0.3, 0.4) is 0 Å². The molecule has 0 spiro atoms. The Morgan fingerprint density at radius 2 is 1.91 bits per heavy atom. The Bertz CT molecular complexity index is 1380. The molecule has 1 heterocycles. The molecule has 0 fully saturated rings. The van der Waals surface area contributed by atoms with Gasteiger partial charge >= 0.3 is 220 Å². The zero-order valence-electron chi connectivity index (χ0n) is 19.0. The van der Waals surface area contributed by atoms with E-state index < -0.39 is 15.8 Å². The molecule has 9 heteroatoms. The van der Waals surface area contributed by atoms with Gasteiger partial charge in [-0.1, -0.05) is 0 Å². The fourth-order valence-corrected chi connectivity index (χ4v) is 5.79. The molecule has 0 aliphatic carbocycles. The number of carbonyl (C=O) groups is 2. The van der Waals surface area contributed by atoms with Gasteiger partial charge in [0.15, 0.2) is 0 Å². The molecule has 175 valence electrons. The van der Waals surface area contributed by atoms with E-state index in [2.05, 4.69) is 26.8 Å². The number of hydrogen-bond donors (Lipinski definition) is 1. The number of hydrogen-bond acceptors (Lipinski definition) is 5. The van der Waals surface area contributed by atoms with E-state index in [0.717, 1.165) is 20.9 Å². The van der Waals surface area contributed by atoms with Crippen LogP contribution in [0, 0.1) is 0 Å². The second kappa shape index (κ2) is 11.5. The molecule has 0 aliphatic heterocycles. The van der Waals surface area contributed by atoms with Crippen molar-refractivity contribution in [3.8, 4) is 0 Å². The van der Waals surface area contributed by atoms with Crippen LogP contribution in [-0.4, -0.2) is 63.9 Å². The fraction of sp³-hybridized carbons (Fsp3) is 0.154. The third kappa shape index (κ3) is 6.30. The van der Waals surface area contributed by atoms with E-state index in [1.807, 2.05) is 59.2 Å². The summed E-state index contributed by atoms with van der Waals surface area (Å²) in [7, 11) is 0. The average Bonchev–Trinajstić information content (AvgIpc) is 3.26. The molecular formula is C26H23As2N4O3. The summed E-state index contributed by atoms with van der Waals surface area (Å²) >= 11 is 1.39. The molecule has 0 bridgehead atoms. The van der Waals surface area contributed by atoms with Crippen molar-refractivity contribution in [3.63, 3.8) is 0 Å². The van der Waals surface area contributed by atoms with Crippen LogP contribution in [0.2, 0.25) is 0 Å². The second-order valence-electron chi connectivity index (χ2n) is 7.70. The Kier molecular flexibility index (Phi) is 8.22. The van der Waals surface area contributed by atoms with Crippen molar-refractivity contribution < 1.29 is 14.3 Å². The molecule has 4 rings (SSSR count). The number of fused-ring (bicyclic) bond motifs is 1. The maximum absolute atomic E-state index is 13.1. The first-order valence-electron chi connectivity index (χ1n) is 11.0. The van der Waals surface area contributed by atoms with Gasteiger partial charge in [0.2, 0.25) is 0 Å². The number of nitrogens with zero attached hydrogens (tertiary/aromatic N) is 3. The molecule has 1 aromatic heterocycles. The summed E-state index contributed by atoms with van der Waals surface area (Å²) in [5, 5.41) is 0. The first-order valence-corrected chi connectivity index (χ1v) is 13.8. The number of aromatic nitrogens is 2. The van der Waals surface area contributed by atoms with Crippen LogP contribution < -0.4 is 10.1 Å². The monoisotopic (exact) mass is 589 g/mol. The van der Waals surface area contributed by atoms with Crippen molar-refractivity contribution in [1.29, 1.82) is 0 Å². The average molecular weight is 589 g/mol. The van der Waals surface area contributed by atoms with Crippen LogP contribution in [0.5, 0.6) is 0 Å². The molecule has 0 saturated heterocycles. The van der Waals surface area contributed by atoms with Crippen LogP contribution in [0.1, 0.15) is 35.3 Å². The second-order valence-corrected chi connectivity index (χ2v) is 11.1. The third-order valence-corrected chi connectivity index (χ3v) is 7.61. The van der Waals surface area contributed by atoms with Crippen molar-refractivity contribution in [1.82, 2.24) is 9.55 Å². The Morgan fingerprint density at radius 3 is 2.66 bits per heavy atom. The van der Waals surface area contributed by atoms with Crippen molar-refractivity contribution in [2.24, 2.45) is 10.7 Å². The van der Waals surface area contributed by atoms with Crippen LogP contribution in [0.25, 0.3) is 11.0 Å². The van der Waals surface area contributed by atoms with E-state index in [9.17, 15) is 9.59 Å². The predicted octanol–water partition coefficient (Wildman–Crippen LogP) is 2.86. The summed E-state index contributed by atoms with van der Waals surface area (Å²) in [6.45, 7) is 2.13. The molecule has 0 aliphatic rings. The number of carbonyl (C=O) groups excluding carboxylic acids is 2. The minimum absolute atomic E-state index is 0.0685. The summed E-state index contributed by atoms with van der Waals surface area (Å²) in [4.78, 5) is 34.2. The van der Waals surface area contributed by atoms with Gasteiger partial charge in [-0.3, -0.25) is 0 Å². The van der Waals surface area contributed by atoms with E-state index in [1.165, 1.54) is 0 Å². The summed E-state index contributed by atoms with van der Waals surface area (Å²) in [5.74, 6) is -0.269. The third-order valence-electron chi connectivity index (χ3n) is 5.31. The van der Waals surface area contributed by atoms with Gasteiger partial charge in [-0.15, -0.1) is 0 Å². The molecule has 3 aromatic carbocycles. The van der Waals surface area contributed by atoms with Crippen molar-refractivity contribution in [2.75, 3.05) is 6.61 Å². The number of imidazole rings is 1. The van der Waals surface area contributed by atoms with Crippen molar-refractivity contribution in [3.05, 3.63) is 90.3 Å². The SMILES string of the molecule is CCOC(=O)CC(c1ccccc1)n1cnc2ccc([As]C(=O)c3cccc(N=C(N)[As])c3)cc21. The van der Waals surface area contributed by atoms with Gasteiger partial charge in [0.25, 0.3) is 0 Å². The van der Waals surface area contributed by atoms with Crippen LogP contribution in [-0.2, 0) is 9.53 Å². The Hall–Kier alpha value is -3.14. The number of aliphatic imine (C=N–C) groups is 1. The van der Waals surface area contributed by atoms with Gasteiger partial charge in [0.1, 0.15) is 0 Å². The van der Waals surface area contributed by atoms with E-state index in [4.69, 9.17) is 10.5 Å². The number of esters is 1. The number of benzene rings is 3. The van der Waals surface area contributed by atoms with E-state index in [1.54, 1.807) is 31.5 Å². The first kappa shape index (κ1) is 25.0. The Morgan fingerprint density at radius 1 is 1.11 bits per heavy atom. The molecule has 0 amide bonds. The summed E-state index contributed by atoms with van der Waals surface area (Å²) in [6.07, 6.45) is 1.94. The van der Waals surface area contributed by atoms with Gasteiger partial charge < -0.3 is 0 Å². The van der Waals surface area contributed by atoms with E-state index in [0.29, 0.717) is 22.5 Å². The molecule has 1 unspecified atom stereocenters. The van der Waals surface area contributed by atoms with Gasteiger partial charge in [0, 0.05) is 0 Å². The topological polar surface area (TPSA) is 99.6 Å². The summed E-state index contributed by atoms with van der Waals surface area (Å²) in [6, 6.07) is 22.6. The number of rotatable bonds is 9. The Labute approximate surface area is 219 Å². The van der Waals surface area contributed by atoms with Crippen molar-refractivity contribution >= 4 is 68.8 Å². The molecule has 1 atom stereocenters. The fourth-order valence-electron chi connectivity index (χ4n) is 3.78. The quantitative estimate of drug-likeness (QED) is 0.140. The molecular weight excluding hydrogens is 566 g/mol. The van der Waals surface area contributed by atoms with Crippen LogP contribution in [0.15, 0.2) is 84.1 Å². The zero-order chi connectivity index (χ0) is 24.8. The van der Waals surface area contributed by atoms with Gasteiger partial charge in [-0.25, -0.2) is 0 Å². The van der Waals surface area contributed by atoms with Crippen LogP contribution >= 0.6 is 0 Å². The standard InChI is InChI=1S/C26H23As2N4O3/c1-2-35-24(33)15-22(17-7-4-3-5-8-17)32-16-30-21-12-11-19(14-23(21)32)28-25(34)18-9-6-10-20(13-18)31-26(27)29/h3-14,16,22H,2,15H2,1H3,(H2,29,31). The molecule has 7 nitrogen and oxygen atoms in total. The normalized spacial score (nSPS) is 12.8. The van der Waals surface area contributed by atoms with Gasteiger partial charge in [-0.05, 0) is 0 Å². The zero-order valence-corrected chi connectivity index (χ0v) is 22.8. The van der Waals surface area contributed by atoms with Crippen LogP contribution in [0.4, 0.5) is 5.69 Å². The van der Waals surface area contributed by atoms with E-state index in [-0.39, 0.29) is 23.0 Å². The molecule has 35 heavy (non-hydrogen) atoms. The first-order chi connectivity index (χ1) is 16.9. The maximum atomic E-state index is 13.1. The summed E-state index contributed by atoms with van der Waals surface area (Å²) < 4.78 is 8.62. The summed E-state index contributed by atoms with van der Waals surface area (Å²) in [5.41, 5.74) is 9.57. The predicted molar refractivity (Wildman–Crippen MR) is 139 cm³/mol. The van der Waals surface area contributed by atoms with Gasteiger partial charge in [-0.2, -0.15) is 0 Å².